The molecule has 4 nitrogen and oxygen atoms in total. The zero-order valence-corrected chi connectivity index (χ0v) is 9.15. The maximum atomic E-state index is 8.46. The Balaban J connectivity index is 0. The fraction of sp³-hybridized carbons (Fsp3) is 1.00. The van der Waals surface area contributed by atoms with Gasteiger partial charge in [-0.15, -0.1) is 0 Å². The number of nitrogens with two attached hydrogens (primary N) is 1. The molecular formula is C10H25NO3. The van der Waals surface area contributed by atoms with E-state index in [0.29, 0.717) is 0 Å². The van der Waals surface area contributed by atoms with Crippen LogP contribution in [0.25, 0.3) is 0 Å². The summed E-state index contributed by atoms with van der Waals surface area (Å²) in [7, 11) is 0. The van der Waals surface area contributed by atoms with Crippen LogP contribution in [0.1, 0.15) is 45.4 Å². The van der Waals surface area contributed by atoms with E-state index in [0.717, 1.165) is 38.5 Å². The molecule has 0 spiro atoms. The van der Waals surface area contributed by atoms with E-state index in [1.165, 1.54) is 0 Å². The fourth-order valence-electron chi connectivity index (χ4n) is 0.814. The van der Waals surface area contributed by atoms with E-state index in [9.17, 15) is 0 Å². The molecule has 0 aliphatic rings. The number of hydrogen-bond acceptors (Lipinski definition) is 4. The molecule has 1 unspecified atom stereocenters. The van der Waals surface area contributed by atoms with E-state index in [4.69, 9.17) is 21.1 Å². The number of hydrogen-bond donors (Lipinski definition) is 4. The van der Waals surface area contributed by atoms with Gasteiger partial charge < -0.3 is 21.1 Å². The minimum Gasteiger partial charge on any atom is -0.396 e. The van der Waals surface area contributed by atoms with Crippen LogP contribution < -0.4 is 5.73 Å². The van der Waals surface area contributed by atoms with Crippen LogP contribution in [0.3, 0.4) is 0 Å². The predicted molar refractivity (Wildman–Crippen MR) is 57.7 cm³/mol. The highest BCUT2D eigenvalue weighted by atomic mass is 16.3. The van der Waals surface area contributed by atoms with Crippen molar-refractivity contribution in [3.8, 4) is 0 Å². The summed E-state index contributed by atoms with van der Waals surface area (Å²) >= 11 is 0. The van der Waals surface area contributed by atoms with E-state index in [-0.39, 0.29) is 13.2 Å². The normalized spacial score (nSPS) is 11.8. The van der Waals surface area contributed by atoms with Gasteiger partial charge in [-0.1, -0.05) is 13.3 Å². The molecule has 0 saturated carbocycles. The second kappa shape index (κ2) is 15.3. The lowest BCUT2D eigenvalue weighted by atomic mass is 10.2. The van der Waals surface area contributed by atoms with Crippen molar-refractivity contribution >= 4 is 0 Å². The summed E-state index contributed by atoms with van der Waals surface area (Å²) in [5, 5.41) is 24.9. The zero-order chi connectivity index (χ0) is 11.2. The summed E-state index contributed by atoms with van der Waals surface area (Å²) in [6, 6.07) is 0. The largest absolute Gasteiger partial charge is 0.396 e. The average molecular weight is 207 g/mol. The standard InChI is InChI=1S/C5H13NO.C5H12O2/c1-2-3-4-5(6)7;6-4-2-1-3-5-7/h5,7H,2-4,6H2,1H3;6-7H,1-5H2. The number of unbranched alkanes of at least 4 members (excludes halogenated alkanes) is 3. The van der Waals surface area contributed by atoms with Crippen LogP contribution in [0.2, 0.25) is 0 Å². The third-order valence-corrected chi connectivity index (χ3v) is 1.67. The molecule has 4 heteroatoms. The Morgan fingerprint density at radius 1 is 1.00 bits per heavy atom. The average Bonchev–Trinajstić information content (AvgIpc) is 2.16. The maximum absolute atomic E-state index is 8.46. The smallest absolute Gasteiger partial charge is 0.102 e. The van der Waals surface area contributed by atoms with Gasteiger partial charge >= 0.3 is 0 Å². The van der Waals surface area contributed by atoms with Gasteiger partial charge in [-0.2, -0.15) is 0 Å². The first-order valence-electron chi connectivity index (χ1n) is 5.34. The van der Waals surface area contributed by atoms with Crippen molar-refractivity contribution in [2.75, 3.05) is 13.2 Å². The Bertz CT molecular complexity index is 85.4. The molecule has 88 valence electrons. The van der Waals surface area contributed by atoms with E-state index >= 15 is 0 Å². The molecule has 0 radical (unpaired) electrons. The Labute approximate surface area is 86.8 Å². The molecule has 0 rings (SSSR count). The first kappa shape index (κ1) is 16.3. The van der Waals surface area contributed by atoms with Crippen molar-refractivity contribution in [3.63, 3.8) is 0 Å². The predicted octanol–water partition coefficient (Wildman–Crippen LogP) is 0.595. The van der Waals surface area contributed by atoms with Gasteiger partial charge in [0.15, 0.2) is 0 Å². The van der Waals surface area contributed by atoms with Crippen molar-refractivity contribution in [1.29, 1.82) is 0 Å². The number of rotatable bonds is 7. The molecule has 0 aliphatic carbocycles. The Morgan fingerprint density at radius 3 is 1.71 bits per heavy atom. The maximum Gasteiger partial charge on any atom is 0.102 e. The van der Waals surface area contributed by atoms with Gasteiger partial charge in [0.2, 0.25) is 0 Å². The lowest BCUT2D eigenvalue weighted by Gasteiger charge is -1.98. The number of aliphatic hydroxyl groups is 3. The second-order valence-corrected chi connectivity index (χ2v) is 3.22. The Morgan fingerprint density at radius 2 is 1.50 bits per heavy atom. The highest BCUT2D eigenvalue weighted by molar-refractivity contribution is 4.42. The van der Waals surface area contributed by atoms with Crippen molar-refractivity contribution in [1.82, 2.24) is 0 Å². The summed E-state index contributed by atoms with van der Waals surface area (Å²) in [6.07, 6.45) is 4.84. The van der Waals surface area contributed by atoms with Gasteiger partial charge in [0.05, 0.1) is 0 Å². The van der Waals surface area contributed by atoms with Crippen LogP contribution >= 0.6 is 0 Å². The van der Waals surface area contributed by atoms with E-state index in [1.54, 1.807) is 0 Å². The van der Waals surface area contributed by atoms with Gasteiger partial charge in [0.25, 0.3) is 0 Å². The van der Waals surface area contributed by atoms with Gasteiger partial charge in [-0.3, -0.25) is 0 Å². The molecule has 0 bridgehead atoms. The Hall–Kier alpha value is -0.160. The molecule has 0 aliphatic heterocycles. The number of aliphatic hydroxyl groups excluding tert-OH is 3. The van der Waals surface area contributed by atoms with Crippen molar-refractivity contribution in [2.24, 2.45) is 5.73 Å². The van der Waals surface area contributed by atoms with Crippen LogP contribution in [0.15, 0.2) is 0 Å². The van der Waals surface area contributed by atoms with Gasteiger partial charge in [-0.05, 0) is 32.1 Å². The highest BCUT2D eigenvalue weighted by Gasteiger charge is 1.90. The second-order valence-electron chi connectivity index (χ2n) is 3.22. The van der Waals surface area contributed by atoms with Crippen LogP contribution in [0, 0.1) is 0 Å². The summed E-state index contributed by atoms with van der Waals surface area (Å²) in [6.45, 7) is 2.57. The van der Waals surface area contributed by atoms with Crippen LogP contribution in [-0.2, 0) is 0 Å². The molecule has 0 heterocycles. The van der Waals surface area contributed by atoms with Gasteiger partial charge in [0.1, 0.15) is 6.23 Å². The molecule has 14 heavy (non-hydrogen) atoms. The SMILES string of the molecule is CCCCC(N)O.OCCCCCO. The highest BCUT2D eigenvalue weighted by Crippen LogP contribution is 1.93. The zero-order valence-electron chi connectivity index (χ0n) is 9.15. The minimum atomic E-state index is -0.597. The van der Waals surface area contributed by atoms with Gasteiger partial charge in [0, 0.05) is 13.2 Å². The van der Waals surface area contributed by atoms with E-state index < -0.39 is 6.23 Å². The topological polar surface area (TPSA) is 86.7 Å². The quantitative estimate of drug-likeness (QED) is 0.363. The van der Waals surface area contributed by atoms with Crippen LogP contribution in [0.5, 0.6) is 0 Å². The summed E-state index contributed by atoms with van der Waals surface area (Å²) in [5.41, 5.74) is 5.03. The third kappa shape index (κ3) is 22.6. The molecule has 0 saturated heterocycles. The Kier molecular flexibility index (Phi) is 17.8. The van der Waals surface area contributed by atoms with Crippen molar-refractivity contribution in [3.05, 3.63) is 0 Å². The van der Waals surface area contributed by atoms with Crippen molar-refractivity contribution < 1.29 is 15.3 Å². The first-order chi connectivity index (χ1) is 6.68. The molecule has 0 aromatic heterocycles. The van der Waals surface area contributed by atoms with Crippen LogP contribution in [-0.4, -0.2) is 34.8 Å². The lowest BCUT2D eigenvalue weighted by molar-refractivity contribution is 0.169. The molecule has 0 fully saturated rings. The summed E-state index contributed by atoms with van der Waals surface area (Å²) in [4.78, 5) is 0. The molecule has 0 aromatic rings. The fourth-order valence-corrected chi connectivity index (χ4v) is 0.814. The van der Waals surface area contributed by atoms with Crippen molar-refractivity contribution in [2.45, 2.75) is 51.7 Å². The molecule has 1 atom stereocenters. The van der Waals surface area contributed by atoms with Gasteiger partial charge in [-0.25, -0.2) is 0 Å². The monoisotopic (exact) mass is 207 g/mol. The minimum absolute atomic E-state index is 0.250. The summed E-state index contributed by atoms with van der Waals surface area (Å²) in [5.74, 6) is 0. The van der Waals surface area contributed by atoms with Crippen LogP contribution in [0.4, 0.5) is 0 Å². The van der Waals surface area contributed by atoms with E-state index in [1.807, 2.05) is 0 Å². The first-order valence-corrected chi connectivity index (χ1v) is 5.34. The summed E-state index contributed by atoms with van der Waals surface area (Å²) < 4.78 is 0. The third-order valence-electron chi connectivity index (χ3n) is 1.67. The lowest BCUT2D eigenvalue weighted by Crippen LogP contribution is -2.17. The molecule has 0 aromatic carbocycles. The molecule has 0 amide bonds. The molecule has 5 N–H and O–H groups in total. The molecular weight excluding hydrogens is 182 g/mol. The van der Waals surface area contributed by atoms with E-state index in [2.05, 4.69) is 6.92 Å².